The number of hydrogen-bond acceptors (Lipinski definition) is 3. The molecule has 3 atom stereocenters. The van der Waals surface area contributed by atoms with E-state index in [-0.39, 0.29) is 0 Å². The summed E-state index contributed by atoms with van der Waals surface area (Å²) in [6.45, 7) is 5.36. The molecule has 30 heavy (non-hydrogen) atoms. The van der Waals surface area contributed by atoms with Gasteiger partial charge in [0.15, 0.2) is 5.96 Å². The van der Waals surface area contributed by atoms with Crippen LogP contribution in [0.2, 0.25) is 0 Å². The van der Waals surface area contributed by atoms with E-state index in [2.05, 4.69) is 46.9 Å². The van der Waals surface area contributed by atoms with Gasteiger partial charge in [-0.15, -0.1) is 0 Å². The van der Waals surface area contributed by atoms with Gasteiger partial charge in [0.1, 0.15) is 0 Å². The molecule has 0 amide bonds. The lowest BCUT2D eigenvalue weighted by atomic mass is 9.54. The van der Waals surface area contributed by atoms with Crippen molar-refractivity contribution in [3.8, 4) is 0 Å². The fourth-order valence-electron chi connectivity index (χ4n) is 5.97. The Morgan fingerprint density at radius 1 is 1.23 bits per heavy atom. The average molecular weight is 408 g/mol. The van der Waals surface area contributed by atoms with Crippen LogP contribution in [0.25, 0.3) is 0 Å². The van der Waals surface area contributed by atoms with Gasteiger partial charge >= 0.3 is 0 Å². The lowest BCUT2D eigenvalue weighted by molar-refractivity contribution is -0.125. The summed E-state index contributed by atoms with van der Waals surface area (Å²) in [5.41, 5.74) is 2.84. The van der Waals surface area contributed by atoms with Crippen LogP contribution in [0.3, 0.4) is 0 Å². The highest BCUT2D eigenvalue weighted by molar-refractivity contribution is 5.80. The van der Waals surface area contributed by atoms with Gasteiger partial charge in [0.25, 0.3) is 0 Å². The van der Waals surface area contributed by atoms with Crippen molar-refractivity contribution in [2.24, 2.45) is 16.3 Å². The molecule has 3 unspecified atom stereocenters. The number of guanidine groups is 1. The van der Waals surface area contributed by atoms with Crippen LogP contribution in [0.1, 0.15) is 50.2 Å². The first-order chi connectivity index (χ1) is 14.8. The molecule has 1 spiro atoms. The number of fused-ring (bicyclic) bond motifs is 2. The SMILES string of the molecule is CCNC(=NCc1ccccc1Cn1cccn1)NC1C2CCOC2C12CCCC2. The van der Waals surface area contributed by atoms with Gasteiger partial charge in [0.2, 0.25) is 0 Å². The van der Waals surface area contributed by atoms with E-state index in [4.69, 9.17) is 9.73 Å². The van der Waals surface area contributed by atoms with Crippen molar-refractivity contribution in [2.75, 3.05) is 13.2 Å². The molecule has 6 heteroatoms. The minimum Gasteiger partial charge on any atom is -0.377 e. The van der Waals surface area contributed by atoms with Crippen molar-refractivity contribution in [1.82, 2.24) is 20.4 Å². The molecule has 1 aliphatic heterocycles. The van der Waals surface area contributed by atoms with Crippen LogP contribution in [0, 0.1) is 11.3 Å². The van der Waals surface area contributed by atoms with Crippen LogP contribution in [-0.2, 0) is 17.8 Å². The van der Waals surface area contributed by atoms with Gasteiger partial charge in [-0.25, -0.2) is 4.99 Å². The van der Waals surface area contributed by atoms with Crippen molar-refractivity contribution in [3.63, 3.8) is 0 Å². The van der Waals surface area contributed by atoms with Crippen molar-refractivity contribution in [1.29, 1.82) is 0 Å². The maximum atomic E-state index is 6.15. The summed E-state index contributed by atoms with van der Waals surface area (Å²) in [6.07, 6.45) is 10.7. The Morgan fingerprint density at radius 3 is 2.83 bits per heavy atom. The largest absolute Gasteiger partial charge is 0.377 e. The van der Waals surface area contributed by atoms with E-state index < -0.39 is 0 Å². The number of benzene rings is 1. The average Bonchev–Trinajstić information content (AvgIpc) is 3.52. The molecule has 1 aromatic carbocycles. The molecular formula is C24H33N5O. The predicted molar refractivity (Wildman–Crippen MR) is 118 cm³/mol. The minimum atomic E-state index is 0.329. The number of nitrogens with zero attached hydrogens (tertiary/aromatic N) is 3. The molecule has 0 radical (unpaired) electrons. The second kappa shape index (κ2) is 8.42. The van der Waals surface area contributed by atoms with E-state index >= 15 is 0 Å². The zero-order valence-electron chi connectivity index (χ0n) is 17.9. The van der Waals surface area contributed by atoms with Crippen LogP contribution in [0.5, 0.6) is 0 Å². The minimum absolute atomic E-state index is 0.329. The zero-order valence-corrected chi connectivity index (χ0v) is 17.9. The summed E-state index contributed by atoms with van der Waals surface area (Å²) in [4.78, 5) is 4.99. The lowest BCUT2D eigenvalue weighted by Crippen LogP contribution is -2.69. The van der Waals surface area contributed by atoms with Gasteiger partial charge in [-0.05, 0) is 43.4 Å². The molecule has 3 fully saturated rings. The standard InChI is InChI=1S/C24H33N5O/c1-2-25-23(28-21-20-10-15-30-22(20)24(21)11-5-6-12-24)26-16-18-8-3-4-9-19(18)17-29-14-7-13-27-29/h3-4,7-9,13-14,20-22H,2,5-6,10-12,15-17H2,1H3,(H2,25,26,28). The molecule has 6 nitrogen and oxygen atoms in total. The summed E-state index contributed by atoms with van der Waals surface area (Å²) in [7, 11) is 0. The number of ether oxygens (including phenoxy) is 1. The first-order valence-corrected chi connectivity index (χ1v) is 11.5. The summed E-state index contributed by atoms with van der Waals surface area (Å²) in [5, 5.41) is 11.7. The highest BCUT2D eigenvalue weighted by Crippen LogP contribution is 2.60. The first-order valence-electron chi connectivity index (χ1n) is 11.5. The van der Waals surface area contributed by atoms with Crippen LogP contribution in [0.4, 0.5) is 0 Å². The Morgan fingerprint density at radius 2 is 2.07 bits per heavy atom. The number of aliphatic imine (C=N–C) groups is 1. The highest BCUT2D eigenvalue weighted by atomic mass is 16.5. The topological polar surface area (TPSA) is 63.5 Å². The molecule has 1 aromatic heterocycles. The Balaban J connectivity index is 1.32. The molecule has 160 valence electrons. The van der Waals surface area contributed by atoms with Gasteiger partial charge < -0.3 is 15.4 Å². The van der Waals surface area contributed by atoms with Crippen molar-refractivity contribution in [2.45, 2.75) is 64.3 Å². The molecule has 2 heterocycles. The summed E-state index contributed by atoms with van der Waals surface area (Å²) in [5.74, 6) is 1.58. The zero-order chi connectivity index (χ0) is 20.4. The van der Waals surface area contributed by atoms with Gasteiger partial charge in [-0.3, -0.25) is 4.68 Å². The molecule has 3 aliphatic rings. The summed E-state index contributed by atoms with van der Waals surface area (Å²) in [6, 6.07) is 11.0. The highest BCUT2D eigenvalue weighted by Gasteiger charge is 2.65. The predicted octanol–water partition coefficient (Wildman–Crippen LogP) is 3.33. The quantitative estimate of drug-likeness (QED) is 0.570. The number of rotatable bonds is 6. The number of nitrogens with one attached hydrogen (secondary N) is 2. The Bertz CT molecular complexity index is 871. The van der Waals surface area contributed by atoms with E-state index in [1.165, 1.54) is 43.2 Å². The second-order valence-electron chi connectivity index (χ2n) is 8.97. The Labute approximate surface area is 179 Å². The van der Waals surface area contributed by atoms with Crippen LogP contribution < -0.4 is 10.6 Å². The normalized spacial score (nSPS) is 27.1. The summed E-state index contributed by atoms with van der Waals surface area (Å²) >= 11 is 0. The van der Waals surface area contributed by atoms with E-state index in [1.54, 1.807) is 0 Å². The number of hydrogen-bond donors (Lipinski definition) is 2. The van der Waals surface area contributed by atoms with Crippen molar-refractivity contribution in [3.05, 3.63) is 53.9 Å². The van der Waals surface area contributed by atoms with Crippen LogP contribution >= 0.6 is 0 Å². The van der Waals surface area contributed by atoms with Gasteiger partial charge in [0.05, 0.1) is 19.2 Å². The van der Waals surface area contributed by atoms with Crippen LogP contribution in [-0.4, -0.2) is 41.0 Å². The third kappa shape index (κ3) is 3.51. The fourth-order valence-corrected chi connectivity index (χ4v) is 5.97. The number of aromatic nitrogens is 2. The van der Waals surface area contributed by atoms with Gasteiger partial charge in [-0.2, -0.15) is 5.10 Å². The van der Waals surface area contributed by atoms with E-state index in [0.29, 0.717) is 30.0 Å². The van der Waals surface area contributed by atoms with E-state index in [1.807, 2.05) is 23.1 Å². The first kappa shape index (κ1) is 19.6. The summed E-state index contributed by atoms with van der Waals surface area (Å²) < 4.78 is 8.11. The maximum Gasteiger partial charge on any atom is 0.191 e. The van der Waals surface area contributed by atoms with Crippen molar-refractivity contribution < 1.29 is 4.74 Å². The third-order valence-corrected chi connectivity index (χ3v) is 7.34. The van der Waals surface area contributed by atoms with Gasteiger partial charge in [-0.1, -0.05) is 37.1 Å². The Kier molecular flexibility index (Phi) is 5.50. The molecule has 1 saturated heterocycles. The van der Waals surface area contributed by atoms with Crippen LogP contribution in [0.15, 0.2) is 47.7 Å². The second-order valence-corrected chi connectivity index (χ2v) is 8.97. The van der Waals surface area contributed by atoms with Gasteiger partial charge in [0, 0.05) is 42.9 Å². The third-order valence-electron chi connectivity index (χ3n) is 7.34. The molecule has 2 aromatic rings. The van der Waals surface area contributed by atoms with E-state index in [0.717, 1.165) is 25.7 Å². The Hall–Kier alpha value is -2.34. The smallest absolute Gasteiger partial charge is 0.191 e. The molecule has 2 saturated carbocycles. The molecule has 2 aliphatic carbocycles. The fraction of sp³-hybridized carbons (Fsp3) is 0.583. The lowest BCUT2D eigenvalue weighted by Gasteiger charge is -2.57. The van der Waals surface area contributed by atoms with Crippen molar-refractivity contribution >= 4 is 5.96 Å². The molecule has 0 bridgehead atoms. The molecule has 2 N–H and O–H groups in total. The maximum absolute atomic E-state index is 6.15. The monoisotopic (exact) mass is 407 g/mol. The van der Waals surface area contributed by atoms with E-state index in [9.17, 15) is 0 Å². The molecular weight excluding hydrogens is 374 g/mol. The molecule has 5 rings (SSSR count).